The Labute approximate surface area is 152 Å². The predicted octanol–water partition coefficient (Wildman–Crippen LogP) is 2.39. The molecule has 0 atom stereocenters. The molecule has 1 saturated heterocycles. The lowest BCUT2D eigenvalue weighted by molar-refractivity contribution is -0.139. The van der Waals surface area contributed by atoms with Crippen LogP contribution in [-0.4, -0.2) is 65.2 Å². The molecule has 1 aliphatic heterocycles. The molecule has 2 N–H and O–H groups in total. The summed E-state index contributed by atoms with van der Waals surface area (Å²) in [6, 6.07) is 8.16. The van der Waals surface area contributed by atoms with Crippen LogP contribution in [0.2, 0.25) is 5.02 Å². The molecule has 1 aromatic rings. The minimum Gasteiger partial charge on any atom is -0.480 e. The Kier molecular flexibility index (Phi) is 5.49. The highest BCUT2D eigenvalue weighted by molar-refractivity contribution is 6.30. The number of likely N-dealkylation sites (tertiary alicyclic amines) is 1. The van der Waals surface area contributed by atoms with Crippen molar-refractivity contribution in [3.8, 4) is 0 Å². The lowest BCUT2D eigenvalue weighted by Gasteiger charge is -2.45. The fourth-order valence-electron chi connectivity index (χ4n) is 3.56. The molecule has 136 valence electrons. The molecule has 1 aliphatic carbocycles. The van der Waals surface area contributed by atoms with Crippen LogP contribution in [-0.2, 0) is 4.79 Å². The highest BCUT2D eigenvalue weighted by Crippen LogP contribution is 2.30. The first kappa shape index (κ1) is 18.0. The highest BCUT2D eigenvalue weighted by atomic mass is 35.5. The number of amides is 2. The Morgan fingerprint density at radius 2 is 2.08 bits per heavy atom. The molecule has 0 spiro atoms. The monoisotopic (exact) mass is 365 g/mol. The molecule has 2 amide bonds. The van der Waals surface area contributed by atoms with Gasteiger partial charge in [-0.05, 0) is 37.1 Å². The summed E-state index contributed by atoms with van der Waals surface area (Å²) in [4.78, 5) is 26.9. The number of carboxylic acid groups (broad SMARTS) is 1. The molecule has 2 fully saturated rings. The van der Waals surface area contributed by atoms with Gasteiger partial charge in [0.05, 0.1) is 6.54 Å². The summed E-state index contributed by atoms with van der Waals surface area (Å²) in [7, 11) is 0. The second-order valence-electron chi connectivity index (χ2n) is 6.89. The van der Waals surface area contributed by atoms with Gasteiger partial charge in [-0.2, -0.15) is 0 Å². The lowest BCUT2D eigenvalue weighted by atomic mass is 9.85. The van der Waals surface area contributed by atoms with Crippen molar-refractivity contribution in [2.75, 3.05) is 26.2 Å². The molecule has 0 bridgehead atoms. The van der Waals surface area contributed by atoms with Gasteiger partial charge < -0.3 is 15.3 Å². The van der Waals surface area contributed by atoms with Gasteiger partial charge in [0.1, 0.15) is 0 Å². The molecule has 1 aromatic carbocycles. The fourth-order valence-corrected chi connectivity index (χ4v) is 3.76. The topological polar surface area (TPSA) is 72.9 Å². The van der Waals surface area contributed by atoms with Crippen LogP contribution in [0.25, 0.3) is 0 Å². The highest BCUT2D eigenvalue weighted by Gasteiger charge is 2.37. The zero-order valence-corrected chi connectivity index (χ0v) is 15.1. The maximum atomic E-state index is 12.3. The lowest BCUT2D eigenvalue weighted by Crippen LogP contribution is -2.59. The number of aliphatic carboxylic acids is 1. The van der Waals surface area contributed by atoms with E-state index in [1.54, 1.807) is 0 Å². The summed E-state index contributed by atoms with van der Waals surface area (Å²) in [5, 5.41) is 12.7. The predicted molar refractivity (Wildman–Crippen MR) is 96.0 cm³/mol. The van der Waals surface area contributed by atoms with Gasteiger partial charge in [0.15, 0.2) is 0 Å². The third-order valence-corrected chi connectivity index (χ3v) is 5.43. The standard InChI is InChI=1S/C18H24ClN3O3/c1-2-21(11-17(23)24)16-7-15(8-16)20-18(25)22-9-13(10-22)12-4-3-5-14(19)6-12/h3-6,13,15-16H,2,7-11H2,1H3,(H,20,25)(H,23,24). The van der Waals surface area contributed by atoms with E-state index in [0.717, 1.165) is 17.9 Å². The minimum absolute atomic E-state index is 0.0250. The number of carbonyl (C=O) groups is 2. The average Bonchev–Trinajstić information content (AvgIpc) is 2.47. The molecule has 0 unspecified atom stereocenters. The summed E-state index contributed by atoms with van der Waals surface area (Å²) >= 11 is 6.01. The van der Waals surface area contributed by atoms with Crippen molar-refractivity contribution in [1.82, 2.24) is 15.1 Å². The maximum Gasteiger partial charge on any atom is 0.317 e. The Bertz CT molecular complexity index is 642. The van der Waals surface area contributed by atoms with Crippen molar-refractivity contribution in [2.24, 2.45) is 0 Å². The number of hydrogen-bond acceptors (Lipinski definition) is 3. The van der Waals surface area contributed by atoms with Gasteiger partial charge in [-0.1, -0.05) is 30.7 Å². The van der Waals surface area contributed by atoms with Gasteiger partial charge in [-0.3, -0.25) is 9.69 Å². The number of halogens is 1. The molecule has 7 heteroatoms. The number of carbonyl (C=O) groups excluding carboxylic acids is 1. The Morgan fingerprint density at radius 1 is 1.36 bits per heavy atom. The quantitative estimate of drug-likeness (QED) is 0.811. The molecule has 3 rings (SSSR count). The molecule has 2 aliphatic rings. The minimum atomic E-state index is -0.804. The second kappa shape index (κ2) is 7.62. The molecular formula is C18H24ClN3O3. The molecule has 6 nitrogen and oxygen atoms in total. The van der Waals surface area contributed by atoms with Gasteiger partial charge in [0, 0.05) is 36.1 Å². The van der Waals surface area contributed by atoms with E-state index in [1.165, 1.54) is 5.56 Å². The molecule has 0 aromatic heterocycles. The average molecular weight is 366 g/mol. The van der Waals surface area contributed by atoms with Gasteiger partial charge in [0.2, 0.25) is 0 Å². The largest absolute Gasteiger partial charge is 0.480 e. The van der Waals surface area contributed by atoms with Crippen molar-refractivity contribution in [1.29, 1.82) is 0 Å². The van der Waals surface area contributed by atoms with Crippen LogP contribution in [0.1, 0.15) is 31.2 Å². The number of rotatable bonds is 6. The number of nitrogens with zero attached hydrogens (tertiary/aromatic N) is 2. The van der Waals surface area contributed by atoms with E-state index < -0.39 is 5.97 Å². The summed E-state index contributed by atoms with van der Waals surface area (Å²) in [6.45, 7) is 4.16. The van der Waals surface area contributed by atoms with E-state index in [9.17, 15) is 9.59 Å². The van der Waals surface area contributed by atoms with Crippen molar-refractivity contribution >= 4 is 23.6 Å². The number of hydrogen-bond donors (Lipinski definition) is 2. The molecular weight excluding hydrogens is 342 g/mol. The van der Waals surface area contributed by atoms with Crippen molar-refractivity contribution in [3.05, 3.63) is 34.9 Å². The first-order valence-corrected chi connectivity index (χ1v) is 9.10. The Balaban J connectivity index is 1.40. The summed E-state index contributed by atoms with van der Waals surface area (Å²) in [5.41, 5.74) is 1.17. The number of likely N-dealkylation sites (N-methyl/N-ethyl adjacent to an activating group) is 1. The van der Waals surface area contributed by atoms with E-state index in [4.69, 9.17) is 16.7 Å². The van der Waals surface area contributed by atoms with Crippen LogP contribution >= 0.6 is 11.6 Å². The Morgan fingerprint density at radius 3 is 2.68 bits per heavy atom. The molecule has 0 radical (unpaired) electrons. The van der Waals surface area contributed by atoms with Crippen LogP contribution in [0.4, 0.5) is 4.79 Å². The SMILES string of the molecule is CCN(CC(=O)O)C1CC(NC(=O)N2CC(c3cccc(Cl)c3)C2)C1. The number of urea groups is 1. The van der Waals surface area contributed by atoms with Crippen molar-refractivity contribution < 1.29 is 14.7 Å². The zero-order valence-electron chi connectivity index (χ0n) is 14.3. The van der Waals surface area contributed by atoms with Crippen LogP contribution in [0.3, 0.4) is 0 Å². The first-order valence-electron chi connectivity index (χ1n) is 8.73. The van der Waals surface area contributed by atoms with E-state index in [1.807, 2.05) is 41.0 Å². The van der Waals surface area contributed by atoms with Crippen molar-refractivity contribution in [3.63, 3.8) is 0 Å². The van der Waals surface area contributed by atoms with Crippen LogP contribution in [0.5, 0.6) is 0 Å². The van der Waals surface area contributed by atoms with E-state index in [-0.39, 0.29) is 24.7 Å². The maximum absolute atomic E-state index is 12.3. The normalized spacial score (nSPS) is 23.1. The summed E-state index contributed by atoms with van der Waals surface area (Å²) in [6.07, 6.45) is 1.64. The zero-order chi connectivity index (χ0) is 18.0. The van der Waals surface area contributed by atoms with Gasteiger partial charge >= 0.3 is 12.0 Å². The smallest absolute Gasteiger partial charge is 0.317 e. The second-order valence-corrected chi connectivity index (χ2v) is 7.32. The first-order chi connectivity index (χ1) is 12.0. The summed E-state index contributed by atoms with van der Waals surface area (Å²) < 4.78 is 0. The van der Waals surface area contributed by atoms with Crippen molar-refractivity contribution in [2.45, 2.75) is 37.8 Å². The van der Waals surface area contributed by atoms with E-state index >= 15 is 0 Å². The third kappa shape index (κ3) is 4.25. The third-order valence-electron chi connectivity index (χ3n) is 5.19. The van der Waals surface area contributed by atoms with E-state index in [0.29, 0.717) is 25.6 Å². The van der Waals surface area contributed by atoms with Crippen LogP contribution < -0.4 is 5.32 Å². The fraction of sp³-hybridized carbons (Fsp3) is 0.556. The summed E-state index contributed by atoms with van der Waals surface area (Å²) in [5.74, 6) is -0.452. The molecule has 1 saturated carbocycles. The van der Waals surface area contributed by atoms with Gasteiger partial charge in [-0.25, -0.2) is 4.79 Å². The van der Waals surface area contributed by atoms with Crippen LogP contribution in [0, 0.1) is 0 Å². The molecule has 1 heterocycles. The van der Waals surface area contributed by atoms with Gasteiger partial charge in [0.25, 0.3) is 0 Å². The van der Waals surface area contributed by atoms with E-state index in [2.05, 4.69) is 5.32 Å². The Hall–Kier alpha value is -1.79. The number of nitrogens with one attached hydrogen (secondary N) is 1. The molecule has 25 heavy (non-hydrogen) atoms. The number of carboxylic acids is 1. The van der Waals surface area contributed by atoms with Gasteiger partial charge in [-0.15, -0.1) is 0 Å². The van der Waals surface area contributed by atoms with Crippen LogP contribution in [0.15, 0.2) is 24.3 Å². The number of benzene rings is 1.